The highest BCUT2D eigenvalue weighted by Crippen LogP contribution is 2.12. The number of aliphatic hydroxyl groups is 2. The Morgan fingerprint density at radius 3 is 1.86 bits per heavy atom. The van der Waals surface area contributed by atoms with Crippen molar-refractivity contribution in [3.8, 4) is 0 Å². The molecule has 0 fully saturated rings. The molecule has 2 unspecified atom stereocenters. The Hall–Kier alpha value is -1.20. The second-order valence-corrected chi connectivity index (χ2v) is 7.58. The first kappa shape index (κ1) is 26.8. The van der Waals surface area contributed by atoms with Crippen molar-refractivity contribution < 1.29 is 24.5 Å². The third-order valence-corrected chi connectivity index (χ3v) is 4.83. The lowest BCUT2D eigenvalue weighted by atomic mass is 10.0. The number of carbonyl (C=O) groups excluding carboxylic acids is 2. The van der Waals surface area contributed by atoms with Gasteiger partial charge in [0.2, 0.25) is 0 Å². The van der Waals surface area contributed by atoms with Crippen LogP contribution in [-0.4, -0.2) is 40.8 Å². The van der Waals surface area contributed by atoms with Gasteiger partial charge in [-0.3, -0.25) is 9.59 Å². The highest BCUT2D eigenvalue weighted by atomic mass is 16.6. The summed E-state index contributed by atoms with van der Waals surface area (Å²) in [5, 5.41) is 18.6. The maximum absolute atomic E-state index is 12.1. The van der Waals surface area contributed by atoms with E-state index in [9.17, 15) is 14.7 Å². The van der Waals surface area contributed by atoms with Crippen LogP contribution in [0.1, 0.15) is 104 Å². The van der Waals surface area contributed by atoms with Crippen LogP contribution in [-0.2, 0) is 14.3 Å². The van der Waals surface area contributed by atoms with Crippen molar-refractivity contribution in [2.24, 2.45) is 0 Å². The monoisotopic (exact) mass is 398 g/mol. The van der Waals surface area contributed by atoms with E-state index in [0.29, 0.717) is 6.42 Å². The Balaban J connectivity index is 3.61. The molecule has 0 aliphatic heterocycles. The van der Waals surface area contributed by atoms with Crippen LogP contribution in [0, 0.1) is 0 Å². The predicted octanol–water partition coefficient (Wildman–Crippen LogP) is 4.88. The van der Waals surface area contributed by atoms with Crippen molar-refractivity contribution >= 4 is 11.8 Å². The SMILES string of the molecule is CCCCCCCC/C=C\CCCCCCCC(=O)C(OC(C)=O)C(O)CO. The van der Waals surface area contributed by atoms with Crippen molar-refractivity contribution in [3.63, 3.8) is 0 Å². The van der Waals surface area contributed by atoms with Crippen LogP contribution in [0.5, 0.6) is 0 Å². The van der Waals surface area contributed by atoms with Gasteiger partial charge in [-0.2, -0.15) is 0 Å². The van der Waals surface area contributed by atoms with E-state index < -0.39 is 24.8 Å². The predicted molar refractivity (Wildman–Crippen MR) is 113 cm³/mol. The van der Waals surface area contributed by atoms with Crippen LogP contribution in [0.3, 0.4) is 0 Å². The normalized spacial score (nSPS) is 13.6. The molecule has 0 amide bonds. The molecule has 0 aromatic carbocycles. The first-order valence-electron chi connectivity index (χ1n) is 11.2. The first-order chi connectivity index (χ1) is 13.5. The van der Waals surface area contributed by atoms with Gasteiger partial charge in [-0.25, -0.2) is 0 Å². The molecule has 0 rings (SSSR count). The van der Waals surface area contributed by atoms with E-state index in [4.69, 9.17) is 9.84 Å². The minimum absolute atomic E-state index is 0.257. The maximum Gasteiger partial charge on any atom is 0.303 e. The lowest BCUT2D eigenvalue weighted by Gasteiger charge is -2.19. The van der Waals surface area contributed by atoms with Crippen LogP contribution in [0.4, 0.5) is 0 Å². The van der Waals surface area contributed by atoms with Gasteiger partial charge in [0.25, 0.3) is 0 Å². The zero-order valence-corrected chi connectivity index (χ0v) is 18.0. The molecule has 0 aliphatic rings. The Kier molecular flexibility index (Phi) is 18.3. The molecule has 0 aromatic heterocycles. The van der Waals surface area contributed by atoms with Crippen molar-refractivity contribution in [2.75, 3.05) is 6.61 Å². The summed E-state index contributed by atoms with van der Waals surface area (Å²) < 4.78 is 4.83. The molecule has 0 heterocycles. The second kappa shape index (κ2) is 19.1. The Labute approximate surface area is 171 Å². The number of esters is 1. The van der Waals surface area contributed by atoms with Gasteiger partial charge in [-0.05, 0) is 32.1 Å². The average Bonchev–Trinajstić information content (AvgIpc) is 2.68. The maximum atomic E-state index is 12.1. The molecular formula is C23H42O5. The first-order valence-corrected chi connectivity index (χ1v) is 11.2. The number of Topliss-reactive ketones (excluding diaryl/α,β-unsaturated/α-hetero) is 1. The van der Waals surface area contributed by atoms with Gasteiger partial charge in [0.05, 0.1) is 6.61 Å². The fourth-order valence-electron chi connectivity index (χ4n) is 3.15. The van der Waals surface area contributed by atoms with Gasteiger partial charge in [0.1, 0.15) is 6.10 Å². The van der Waals surface area contributed by atoms with Gasteiger partial charge in [0.15, 0.2) is 11.9 Å². The number of rotatable bonds is 19. The summed E-state index contributed by atoms with van der Waals surface area (Å²) in [4.78, 5) is 23.1. The number of unbranched alkanes of at least 4 members (excludes halogenated alkanes) is 11. The summed E-state index contributed by atoms with van der Waals surface area (Å²) in [6, 6.07) is 0. The molecular weight excluding hydrogens is 356 g/mol. The zero-order chi connectivity index (χ0) is 21.0. The highest BCUT2D eigenvalue weighted by molar-refractivity contribution is 5.85. The largest absolute Gasteiger partial charge is 0.452 e. The van der Waals surface area contributed by atoms with Crippen molar-refractivity contribution in [3.05, 3.63) is 12.2 Å². The number of carbonyl (C=O) groups is 2. The molecule has 0 aliphatic carbocycles. The Morgan fingerprint density at radius 2 is 1.36 bits per heavy atom. The zero-order valence-electron chi connectivity index (χ0n) is 18.0. The summed E-state index contributed by atoms with van der Waals surface area (Å²) in [7, 11) is 0. The average molecular weight is 399 g/mol. The van der Waals surface area contributed by atoms with Gasteiger partial charge in [-0.1, -0.05) is 70.4 Å². The number of aliphatic hydroxyl groups excluding tert-OH is 2. The van der Waals surface area contributed by atoms with Crippen LogP contribution in [0.25, 0.3) is 0 Å². The molecule has 5 heteroatoms. The molecule has 0 bridgehead atoms. The molecule has 0 spiro atoms. The number of ether oxygens (including phenoxy) is 1. The van der Waals surface area contributed by atoms with Gasteiger partial charge < -0.3 is 14.9 Å². The second-order valence-electron chi connectivity index (χ2n) is 7.58. The number of hydrogen-bond acceptors (Lipinski definition) is 5. The van der Waals surface area contributed by atoms with Gasteiger partial charge in [0, 0.05) is 13.3 Å². The molecule has 0 saturated carbocycles. The van der Waals surface area contributed by atoms with E-state index in [1.807, 2.05) is 0 Å². The number of hydrogen-bond donors (Lipinski definition) is 2. The van der Waals surface area contributed by atoms with Crippen molar-refractivity contribution in [1.82, 2.24) is 0 Å². The van der Waals surface area contributed by atoms with Crippen LogP contribution in [0.2, 0.25) is 0 Å². The highest BCUT2D eigenvalue weighted by Gasteiger charge is 2.28. The van der Waals surface area contributed by atoms with E-state index in [1.165, 1.54) is 58.3 Å². The molecule has 0 aromatic rings. The number of allylic oxidation sites excluding steroid dienone is 2. The van der Waals surface area contributed by atoms with E-state index in [0.717, 1.165) is 25.7 Å². The van der Waals surface area contributed by atoms with Crippen LogP contribution in [0.15, 0.2) is 12.2 Å². The Morgan fingerprint density at radius 1 is 0.857 bits per heavy atom. The third-order valence-electron chi connectivity index (χ3n) is 4.83. The summed E-state index contributed by atoms with van der Waals surface area (Å²) in [5.41, 5.74) is 0. The summed E-state index contributed by atoms with van der Waals surface area (Å²) in [5.74, 6) is -0.954. The summed E-state index contributed by atoms with van der Waals surface area (Å²) >= 11 is 0. The lowest BCUT2D eigenvalue weighted by molar-refractivity contribution is -0.161. The molecule has 28 heavy (non-hydrogen) atoms. The standard InChI is InChI=1S/C23H42O5/c1-3-4-5-6-7-8-9-10-11-12-13-14-15-16-17-18-21(26)23(22(27)19-24)28-20(2)25/h10-11,22-24,27H,3-9,12-19H2,1-2H3/b11-10-. The van der Waals surface area contributed by atoms with Crippen LogP contribution < -0.4 is 0 Å². The van der Waals surface area contributed by atoms with Gasteiger partial charge in [-0.15, -0.1) is 0 Å². The van der Waals surface area contributed by atoms with E-state index in [-0.39, 0.29) is 12.2 Å². The lowest BCUT2D eigenvalue weighted by Crippen LogP contribution is -2.40. The molecule has 2 atom stereocenters. The summed E-state index contributed by atoms with van der Waals surface area (Å²) in [6.07, 6.45) is 17.6. The molecule has 164 valence electrons. The van der Waals surface area contributed by atoms with E-state index in [2.05, 4.69) is 19.1 Å². The van der Waals surface area contributed by atoms with Crippen LogP contribution >= 0.6 is 0 Å². The number of ketones is 1. The fraction of sp³-hybridized carbons (Fsp3) is 0.826. The quantitative estimate of drug-likeness (QED) is 0.184. The minimum Gasteiger partial charge on any atom is -0.452 e. The smallest absolute Gasteiger partial charge is 0.303 e. The third kappa shape index (κ3) is 15.8. The Bertz CT molecular complexity index is 419. The molecule has 0 saturated heterocycles. The molecule has 5 nitrogen and oxygen atoms in total. The minimum atomic E-state index is -1.35. The molecule has 0 radical (unpaired) electrons. The topological polar surface area (TPSA) is 83.8 Å². The van der Waals surface area contributed by atoms with E-state index >= 15 is 0 Å². The van der Waals surface area contributed by atoms with Crippen molar-refractivity contribution in [1.29, 1.82) is 0 Å². The van der Waals surface area contributed by atoms with Crippen molar-refractivity contribution in [2.45, 2.75) is 116 Å². The summed E-state index contributed by atoms with van der Waals surface area (Å²) in [6.45, 7) is 2.83. The fourth-order valence-corrected chi connectivity index (χ4v) is 3.15. The molecule has 2 N–H and O–H groups in total. The van der Waals surface area contributed by atoms with E-state index in [1.54, 1.807) is 0 Å². The van der Waals surface area contributed by atoms with Gasteiger partial charge >= 0.3 is 5.97 Å².